The van der Waals surface area contributed by atoms with Crippen LogP contribution in [0.5, 0.6) is 0 Å². The van der Waals surface area contributed by atoms with Crippen LogP contribution in [0.2, 0.25) is 0 Å². The van der Waals surface area contributed by atoms with Gasteiger partial charge in [-0.05, 0) is 26.3 Å². The topological polar surface area (TPSA) is 42.7 Å². The van der Waals surface area contributed by atoms with Crippen molar-refractivity contribution in [1.82, 2.24) is 20.1 Å². The van der Waals surface area contributed by atoms with E-state index in [0.29, 0.717) is 12.1 Å². The molecule has 1 atom stereocenters. The fourth-order valence-corrected chi connectivity index (χ4v) is 1.65. The monoisotopic (exact) mass is 180 g/mol. The molecule has 0 radical (unpaired) electrons. The van der Waals surface area contributed by atoms with Gasteiger partial charge in [0.1, 0.15) is 12.2 Å². The van der Waals surface area contributed by atoms with Gasteiger partial charge in [-0.1, -0.05) is 6.92 Å². The largest absolute Gasteiger partial charge is 0.313 e. The number of hydrogen-bond acceptors (Lipinski definition) is 3. The van der Waals surface area contributed by atoms with E-state index in [2.05, 4.69) is 27.0 Å². The third kappa shape index (κ3) is 1.58. The Bertz CT molecular complexity index is 273. The van der Waals surface area contributed by atoms with E-state index in [9.17, 15) is 0 Å². The van der Waals surface area contributed by atoms with Crippen molar-refractivity contribution in [2.45, 2.75) is 38.3 Å². The quantitative estimate of drug-likeness (QED) is 0.759. The van der Waals surface area contributed by atoms with Crippen molar-refractivity contribution in [3.8, 4) is 0 Å². The number of hydrogen-bond donors (Lipinski definition) is 1. The first kappa shape index (κ1) is 8.69. The molecule has 1 aliphatic carbocycles. The van der Waals surface area contributed by atoms with Crippen LogP contribution in [0.25, 0.3) is 0 Å². The van der Waals surface area contributed by atoms with Gasteiger partial charge in [-0.15, -0.1) is 10.2 Å². The van der Waals surface area contributed by atoms with E-state index in [0.717, 1.165) is 12.2 Å². The molecule has 1 heterocycles. The lowest BCUT2D eigenvalue weighted by Crippen LogP contribution is -2.19. The van der Waals surface area contributed by atoms with E-state index in [-0.39, 0.29) is 0 Å². The third-order valence-electron chi connectivity index (χ3n) is 2.61. The summed E-state index contributed by atoms with van der Waals surface area (Å²) >= 11 is 0. The van der Waals surface area contributed by atoms with E-state index < -0.39 is 0 Å². The molecule has 4 heteroatoms. The first-order chi connectivity index (χ1) is 6.36. The van der Waals surface area contributed by atoms with Crippen LogP contribution in [0.3, 0.4) is 0 Å². The lowest BCUT2D eigenvalue weighted by atomic mass is 10.2. The fourth-order valence-electron chi connectivity index (χ4n) is 1.65. The summed E-state index contributed by atoms with van der Waals surface area (Å²) < 4.78 is 2.21. The minimum Gasteiger partial charge on any atom is -0.313 e. The Morgan fingerprint density at radius 1 is 1.69 bits per heavy atom. The van der Waals surface area contributed by atoms with Crippen molar-refractivity contribution in [2.75, 3.05) is 7.05 Å². The zero-order valence-corrected chi connectivity index (χ0v) is 8.20. The van der Waals surface area contributed by atoms with Crippen LogP contribution in [0.4, 0.5) is 0 Å². The van der Waals surface area contributed by atoms with Crippen molar-refractivity contribution in [3.63, 3.8) is 0 Å². The number of nitrogens with zero attached hydrogens (tertiary/aromatic N) is 3. The predicted octanol–water partition coefficient (Wildman–Crippen LogP) is 1.28. The lowest BCUT2D eigenvalue weighted by molar-refractivity contribution is 0.508. The van der Waals surface area contributed by atoms with Gasteiger partial charge in [0, 0.05) is 6.04 Å². The van der Waals surface area contributed by atoms with Gasteiger partial charge in [-0.25, -0.2) is 0 Å². The Balaban J connectivity index is 2.21. The van der Waals surface area contributed by atoms with Crippen LogP contribution in [0, 0.1) is 0 Å². The Hall–Kier alpha value is -0.900. The highest BCUT2D eigenvalue weighted by atomic mass is 15.3. The maximum atomic E-state index is 4.17. The van der Waals surface area contributed by atoms with E-state index >= 15 is 0 Å². The van der Waals surface area contributed by atoms with Crippen LogP contribution in [0.15, 0.2) is 6.33 Å². The average molecular weight is 180 g/mol. The SMILES string of the molecule is CCC(NC)c1nncn1C1CC1. The Morgan fingerprint density at radius 2 is 2.46 bits per heavy atom. The molecule has 0 aliphatic heterocycles. The minimum absolute atomic E-state index is 0.350. The van der Waals surface area contributed by atoms with Crippen LogP contribution in [-0.4, -0.2) is 21.8 Å². The standard InChI is InChI=1S/C9H16N4/c1-3-8(10-2)9-12-11-6-13(9)7-4-5-7/h6-8,10H,3-5H2,1-2H3. The van der Waals surface area contributed by atoms with Crippen molar-refractivity contribution in [3.05, 3.63) is 12.2 Å². The molecule has 13 heavy (non-hydrogen) atoms. The Labute approximate surface area is 78.4 Å². The summed E-state index contributed by atoms with van der Waals surface area (Å²) in [5.41, 5.74) is 0. The molecule has 1 fully saturated rings. The molecule has 4 nitrogen and oxygen atoms in total. The van der Waals surface area contributed by atoms with E-state index in [4.69, 9.17) is 0 Å². The van der Waals surface area contributed by atoms with Crippen molar-refractivity contribution >= 4 is 0 Å². The van der Waals surface area contributed by atoms with Crippen LogP contribution in [0.1, 0.15) is 44.1 Å². The van der Waals surface area contributed by atoms with E-state index in [1.165, 1.54) is 12.8 Å². The molecular formula is C9H16N4. The molecule has 0 aromatic carbocycles. The fraction of sp³-hybridized carbons (Fsp3) is 0.778. The minimum atomic E-state index is 0.350. The van der Waals surface area contributed by atoms with Crippen molar-refractivity contribution < 1.29 is 0 Å². The summed E-state index contributed by atoms with van der Waals surface area (Å²) in [5, 5.41) is 11.4. The van der Waals surface area contributed by atoms with Crippen molar-refractivity contribution in [2.24, 2.45) is 0 Å². The van der Waals surface area contributed by atoms with E-state index in [1.54, 1.807) is 0 Å². The van der Waals surface area contributed by atoms with Crippen LogP contribution >= 0.6 is 0 Å². The first-order valence-corrected chi connectivity index (χ1v) is 4.93. The van der Waals surface area contributed by atoms with Crippen LogP contribution < -0.4 is 5.32 Å². The first-order valence-electron chi connectivity index (χ1n) is 4.93. The van der Waals surface area contributed by atoms with Gasteiger partial charge in [0.15, 0.2) is 0 Å². The number of aromatic nitrogens is 3. The van der Waals surface area contributed by atoms with Gasteiger partial charge in [0.05, 0.1) is 6.04 Å². The maximum Gasteiger partial charge on any atom is 0.150 e. The molecular weight excluding hydrogens is 164 g/mol. The van der Waals surface area contributed by atoms with Gasteiger partial charge in [-0.2, -0.15) is 0 Å². The van der Waals surface area contributed by atoms with Crippen LogP contribution in [-0.2, 0) is 0 Å². The normalized spacial score (nSPS) is 18.9. The molecule has 72 valence electrons. The second-order valence-corrected chi connectivity index (χ2v) is 3.58. The molecule has 0 spiro atoms. The molecule has 1 aliphatic rings. The summed E-state index contributed by atoms with van der Waals surface area (Å²) in [5.74, 6) is 1.09. The van der Waals surface area contributed by atoms with E-state index in [1.807, 2.05) is 13.4 Å². The molecule has 1 aromatic rings. The molecule has 2 rings (SSSR count). The summed E-state index contributed by atoms with van der Waals surface area (Å²) in [7, 11) is 1.97. The molecule has 1 aromatic heterocycles. The lowest BCUT2D eigenvalue weighted by Gasteiger charge is -2.13. The molecule has 0 amide bonds. The summed E-state index contributed by atoms with van der Waals surface area (Å²) in [6, 6.07) is 1.02. The van der Waals surface area contributed by atoms with Gasteiger partial charge >= 0.3 is 0 Å². The summed E-state index contributed by atoms with van der Waals surface area (Å²) in [6.45, 7) is 2.16. The zero-order chi connectivity index (χ0) is 9.26. The zero-order valence-electron chi connectivity index (χ0n) is 8.20. The van der Waals surface area contributed by atoms with Gasteiger partial charge < -0.3 is 9.88 Å². The third-order valence-corrected chi connectivity index (χ3v) is 2.61. The second kappa shape index (κ2) is 3.46. The highest BCUT2D eigenvalue weighted by molar-refractivity contribution is 4.99. The smallest absolute Gasteiger partial charge is 0.150 e. The molecule has 0 bridgehead atoms. The van der Waals surface area contributed by atoms with Crippen molar-refractivity contribution in [1.29, 1.82) is 0 Å². The number of nitrogens with one attached hydrogen (secondary N) is 1. The Kier molecular flexibility index (Phi) is 2.31. The maximum absolute atomic E-state index is 4.17. The average Bonchev–Trinajstić information content (AvgIpc) is 2.89. The summed E-state index contributed by atoms with van der Waals surface area (Å²) in [6.07, 6.45) is 5.48. The molecule has 1 unspecified atom stereocenters. The van der Waals surface area contributed by atoms with Gasteiger partial charge in [0.2, 0.25) is 0 Å². The predicted molar refractivity (Wildman–Crippen MR) is 50.4 cm³/mol. The highest BCUT2D eigenvalue weighted by Gasteiger charge is 2.27. The molecule has 1 N–H and O–H groups in total. The molecule has 1 saturated carbocycles. The highest BCUT2D eigenvalue weighted by Crippen LogP contribution is 2.36. The Morgan fingerprint density at radius 3 is 3.00 bits per heavy atom. The van der Waals surface area contributed by atoms with Gasteiger partial charge in [-0.3, -0.25) is 0 Å². The second-order valence-electron chi connectivity index (χ2n) is 3.58. The molecule has 0 saturated heterocycles. The summed E-state index contributed by atoms with van der Waals surface area (Å²) in [4.78, 5) is 0. The van der Waals surface area contributed by atoms with Gasteiger partial charge in [0.25, 0.3) is 0 Å². The number of rotatable bonds is 4.